The Morgan fingerprint density at radius 1 is 1.24 bits per heavy atom. The molecule has 3 aromatic heterocycles. The number of nitrogens with zero attached hydrogens (tertiary/aromatic N) is 3. The summed E-state index contributed by atoms with van der Waals surface area (Å²) in [5.74, 6) is -0.425. The Morgan fingerprint density at radius 3 is 2.66 bits per heavy atom. The summed E-state index contributed by atoms with van der Waals surface area (Å²) in [6.45, 7) is 1.79. The minimum Gasteiger partial charge on any atom is -0.325 e. The molecule has 0 radical (unpaired) electrons. The maximum Gasteiger partial charge on any atom is 0.269 e. The van der Waals surface area contributed by atoms with Gasteiger partial charge in [0.05, 0.1) is 16.6 Å². The summed E-state index contributed by atoms with van der Waals surface area (Å²) in [7, 11) is 0. The predicted octanol–water partition coefficient (Wildman–Crippen LogP) is 4.04. The summed E-state index contributed by atoms with van der Waals surface area (Å²) in [5, 5.41) is 15.7. The van der Waals surface area contributed by atoms with Crippen molar-refractivity contribution in [3.05, 3.63) is 73.5 Å². The van der Waals surface area contributed by atoms with Crippen molar-refractivity contribution in [2.24, 2.45) is 0 Å². The average molecular weight is 426 g/mol. The van der Waals surface area contributed by atoms with Gasteiger partial charge in [-0.05, 0) is 31.2 Å². The SMILES string of the molecule is Cc1ccc(-c2csc3ncn(CC(=O)Nc4ccc([N+](=O)[O-])cc4)c(=O)c23)s1. The highest BCUT2D eigenvalue weighted by atomic mass is 32.1. The van der Waals surface area contributed by atoms with Crippen LogP contribution in [0.2, 0.25) is 0 Å². The van der Waals surface area contributed by atoms with Gasteiger partial charge in [0.2, 0.25) is 5.91 Å². The van der Waals surface area contributed by atoms with Gasteiger partial charge in [0, 0.05) is 38.5 Å². The second-order valence-corrected chi connectivity index (χ2v) is 8.42. The van der Waals surface area contributed by atoms with Crippen LogP contribution >= 0.6 is 22.7 Å². The molecule has 1 amide bonds. The van der Waals surface area contributed by atoms with Gasteiger partial charge in [-0.1, -0.05) is 0 Å². The molecule has 0 aliphatic rings. The zero-order valence-electron chi connectivity index (χ0n) is 15.1. The molecule has 0 saturated carbocycles. The Kier molecular flexibility index (Phi) is 4.95. The number of non-ortho nitro benzene ring substituents is 1. The van der Waals surface area contributed by atoms with Crippen molar-refractivity contribution in [2.45, 2.75) is 13.5 Å². The van der Waals surface area contributed by atoms with Gasteiger partial charge < -0.3 is 5.32 Å². The lowest BCUT2D eigenvalue weighted by molar-refractivity contribution is -0.384. The summed E-state index contributed by atoms with van der Waals surface area (Å²) in [6, 6.07) is 9.45. The molecule has 0 bridgehead atoms. The lowest BCUT2D eigenvalue weighted by Gasteiger charge is -2.07. The van der Waals surface area contributed by atoms with Gasteiger partial charge in [-0.15, -0.1) is 22.7 Å². The highest BCUT2D eigenvalue weighted by Crippen LogP contribution is 2.34. The van der Waals surface area contributed by atoms with Crippen molar-refractivity contribution in [3.8, 4) is 10.4 Å². The number of hydrogen-bond donors (Lipinski definition) is 1. The molecule has 4 aromatic rings. The molecular formula is C19H14N4O4S2. The van der Waals surface area contributed by atoms with E-state index in [-0.39, 0.29) is 17.8 Å². The maximum absolute atomic E-state index is 13.0. The Morgan fingerprint density at radius 2 is 2.00 bits per heavy atom. The number of thiophene rings is 2. The first-order chi connectivity index (χ1) is 13.9. The van der Waals surface area contributed by atoms with E-state index in [1.165, 1.54) is 46.5 Å². The fourth-order valence-corrected chi connectivity index (χ4v) is 4.72. The molecule has 0 unspecified atom stereocenters. The van der Waals surface area contributed by atoms with Crippen LogP contribution in [0.3, 0.4) is 0 Å². The van der Waals surface area contributed by atoms with E-state index in [4.69, 9.17) is 0 Å². The number of nitro groups is 1. The van der Waals surface area contributed by atoms with Crippen LogP contribution in [0.4, 0.5) is 11.4 Å². The van der Waals surface area contributed by atoms with Crippen LogP contribution in [-0.2, 0) is 11.3 Å². The molecular weight excluding hydrogens is 412 g/mol. The van der Waals surface area contributed by atoms with Crippen LogP contribution in [0.5, 0.6) is 0 Å². The van der Waals surface area contributed by atoms with Gasteiger partial charge >= 0.3 is 0 Å². The quantitative estimate of drug-likeness (QED) is 0.383. The highest BCUT2D eigenvalue weighted by molar-refractivity contribution is 7.19. The number of aromatic nitrogens is 2. The Hall–Kier alpha value is -3.37. The molecule has 1 aromatic carbocycles. The van der Waals surface area contributed by atoms with Crippen LogP contribution < -0.4 is 10.9 Å². The largest absolute Gasteiger partial charge is 0.325 e. The van der Waals surface area contributed by atoms with Gasteiger partial charge in [-0.3, -0.25) is 24.3 Å². The van der Waals surface area contributed by atoms with Crippen molar-refractivity contribution in [1.29, 1.82) is 0 Å². The number of amides is 1. The van der Waals surface area contributed by atoms with Gasteiger partial charge in [0.15, 0.2) is 0 Å². The van der Waals surface area contributed by atoms with Crippen molar-refractivity contribution >= 4 is 50.2 Å². The number of hydrogen-bond acceptors (Lipinski definition) is 7. The molecule has 146 valence electrons. The topological polar surface area (TPSA) is 107 Å². The summed E-state index contributed by atoms with van der Waals surface area (Å²) in [5.41, 5.74) is 0.887. The summed E-state index contributed by atoms with van der Waals surface area (Å²) >= 11 is 2.99. The Bertz CT molecular complexity index is 1290. The van der Waals surface area contributed by atoms with Gasteiger partial charge in [0.25, 0.3) is 11.2 Å². The summed E-state index contributed by atoms with van der Waals surface area (Å²) < 4.78 is 1.26. The molecule has 0 fully saturated rings. The van der Waals surface area contributed by atoms with Crippen LogP contribution in [0.25, 0.3) is 20.7 Å². The Labute approximate surface area is 172 Å². The fraction of sp³-hybridized carbons (Fsp3) is 0.105. The third kappa shape index (κ3) is 3.80. The average Bonchev–Trinajstić information content (AvgIpc) is 3.31. The zero-order valence-corrected chi connectivity index (χ0v) is 16.8. The first-order valence-corrected chi connectivity index (χ1v) is 10.2. The summed E-state index contributed by atoms with van der Waals surface area (Å²) in [4.78, 5) is 42.6. The number of anilines is 1. The standard InChI is InChI=1S/C19H14N4O4S2/c1-11-2-7-15(29-11)14-9-28-18-17(14)19(25)22(10-20-18)8-16(24)21-12-3-5-13(6-4-12)23(26)27/h2-7,9-10H,8H2,1H3,(H,21,24). The molecule has 0 saturated heterocycles. The molecule has 3 heterocycles. The Balaban J connectivity index is 1.59. The van der Waals surface area contributed by atoms with E-state index >= 15 is 0 Å². The van der Waals surface area contributed by atoms with E-state index < -0.39 is 10.8 Å². The number of rotatable bonds is 5. The van der Waals surface area contributed by atoms with Crippen molar-refractivity contribution < 1.29 is 9.72 Å². The molecule has 0 spiro atoms. The van der Waals surface area contributed by atoms with Crippen molar-refractivity contribution in [3.63, 3.8) is 0 Å². The second kappa shape index (κ2) is 7.57. The van der Waals surface area contributed by atoms with E-state index in [1.54, 1.807) is 11.3 Å². The number of nitro benzene ring substituents is 1. The minimum absolute atomic E-state index is 0.0670. The molecule has 4 rings (SSSR count). The van der Waals surface area contributed by atoms with E-state index in [2.05, 4.69) is 10.3 Å². The third-order valence-corrected chi connectivity index (χ3v) is 6.16. The van der Waals surface area contributed by atoms with Crippen molar-refractivity contribution in [1.82, 2.24) is 9.55 Å². The van der Waals surface area contributed by atoms with E-state index in [9.17, 15) is 19.7 Å². The maximum atomic E-state index is 13.0. The van der Waals surface area contributed by atoms with Gasteiger partial charge in [-0.2, -0.15) is 0 Å². The number of benzene rings is 1. The predicted molar refractivity (Wildman–Crippen MR) is 114 cm³/mol. The first kappa shape index (κ1) is 19.0. The molecule has 0 atom stereocenters. The molecule has 10 heteroatoms. The van der Waals surface area contributed by atoms with E-state index in [0.29, 0.717) is 15.9 Å². The molecule has 8 nitrogen and oxygen atoms in total. The van der Waals surface area contributed by atoms with E-state index in [0.717, 1.165) is 15.3 Å². The van der Waals surface area contributed by atoms with Crippen LogP contribution in [0.1, 0.15) is 4.88 Å². The number of fused-ring (bicyclic) bond motifs is 1. The smallest absolute Gasteiger partial charge is 0.269 e. The lowest BCUT2D eigenvalue weighted by atomic mass is 10.2. The minimum atomic E-state index is -0.514. The number of nitrogens with one attached hydrogen (secondary N) is 1. The van der Waals surface area contributed by atoms with Crippen LogP contribution in [-0.4, -0.2) is 20.4 Å². The van der Waals surface area contributed by atoms with Gasteiger partial charge in [0.1, 0.15) is 11.4 Å². The molecule has 1 N–H and O–H groups in total. The first-order valence-electron chi connectivity index (χ1n) is 8.50. The van der Waals surface area contributed by atoms with Crippen molar-refractivity contribution in [2.75, 3.05) is 5.32 Å². The second-order valence-electron chi connectivity index (χ2n) is 6.27. The van der Waals surface area contributed by atoms with E-state index in [1.807, 2.05) is 24.4 Å². The highest BCUT2D eigenvalue weighted by Gasteiger charge is 2.16. The fourth-order valence-electron chi connectivity index (χ4n) is 2.86. The normalized spacial score (nSPS) is 10.9. The summed E-state index contributed by atoms with van der Waals surface area (Å²) in [6.07, 6.45) is 1.36. The third-order valence-electron chi connectivity index (χ3n) is 4.24. The van der Waals surface area contributed by atoms with Gasteiger partial charge in [-0.25, -0.2) is 4.98 Å². The monoisotopic (exact) mass is 426 g/mol. The zero-order chi connectivity index (χ0) is 20.5. The molecule has 0 aliphatic heterocycles. The molecule has 29 heavy (non-hydrogen) atoms. The van der Waals surface area contributed by atoms with Crippen LogP contribution in [0, 0.1) is 17.0 Å². The number of carbonyl (C=O) groups excluding carboxylic acids is 1. The number of aryl methyl sites for hydroxylation is 1. The molecule has 0 aliphatic carbocycles. The lowest BCUT2D eigenvalue weighted by Crippen LogP contribution is -2.27. The number of carbonyl (C=O) groups is 1. The van der Waals surface area contributed by atoms with Crippen LogP contribution in [0.15, 0.2) is 52.9 Å².